The third-order valence-electron chi connectivity index (χ3n) is 6.23. The molecule has 1 aliphatic carbocycles. The number of halogens is 1. The lowest BCUT2D eigenvalue weighted by Crippen LogP contribution is -2.55. The smallest absolute Gasteiger partial charge is 0.145 e. The van der Waals surface area contributed by atoms with Gasteiger partial charge in [-0.05, 0) is 68.3 Å². The van der Waals surface area contributed by atoms with E-state index in [4.69, 9.17) is 16.3 Å². The molecule has 0 spiro atoms. The third kappa shape index (κ3) is 5.25. The zero-order valence-corrected chi connectivity index (χ0v) is 19.6. The van der Waals surface area contributed by atoms with Crippen LogP contribution < -0.4 is 10.1 Å². The Labute approximate surface area is 189 Å². The molecule has 0 bridgehead atoms. The van der Waals surface area contributed by atoms with Crippen LogP contribution >= 0.6 is 23.4 Å². The van der Waals surface area contributed by atoms with Crippen LogP contribution in [0.3, 0.4) is 0 Å². The first kappa shape index (κ1) is 22.2. The summed E-state index contributed by atoms with van der Waals surface area (Å²) in [6.07, 6.45) is 6.62. The van der Waals surface area contributed by atoms with E-state index in [2.05, 4.69) is 46.8 Å². The van der Waals surface area contributed by atoms with Crippen molar-refractivity contribution >= 4 is 34.1 Å². The summed E-state index contributed by atoms with van der Waals surface area (Å²) in [5.74, 6) is 1.53. The van der Waals surface area contributed by atoms with E-state index >= 15 is 0 Å². The minimum absolute atomic E-state index is 0.0118. The Balaban J connectivity index is 1.55. The molecule has 6 heteroatoms. The fourth-order valence-electron chi connectivity index (χ4n) is 4.35. The van der Waals surface area contributed by atoms with Crippen molar-refractivity contribution in [3.63, 3.8) is 0 Å². The second kappa shape index (κ2) is 9.66. The molecule has 1 saturated heterocycles. The number of nitrogens with zero attached hydrogens (tertiary/aromatic N) is 1. The van der Waals surface area contributed by atoms with Crippen LogP contribution in [0.25, 0.3) is 10.8 Å². The number of benzene rings is 2. The van der Waals surface area contributed by atoms with Gasteiger partial charge >= 0.3 is 0 Å². The number of rotatable bonds is 9. The lowest BCUT2D eigenvalue weighted by molar-refractivity contribution is 0.141. The van der Waals surface area contributed by atoms with Crippen LogP contribution in [-0.2, 0) is 6.54 Å². The van der Waals surface area contributed by atoms with Crippen LogP contribution in [0.15, 0.2) is 30.3 Å². The van der Waals surface area contributed by atoms with Crippen molar-refractivity contribution < 1.29 is 9.84 Å². The number of fused-ring (bicyclic) bond motifs is 1. The van der Waals surface area contributed by atoms with Crippen molar-refractivity contribution in [2.45, 2.75) is 50.1 Å². The summed E-state index contributed by atoms with van der Waals surface area (Å²) < 4.78 is 6.14. The molecule has 2 fully saturated rings. The van der Waals surface area contributed by atoms with Crippen molar-refractivity contribution in [2.75, 3.05) is 32.5 Å². The highest BCUT2D eigenvalue weighted by Gasteiger charge is 2.34. The molecule has 4 rings (SSSR count). The number of ether oxygens (including phenoxy) is 1. The maximum Gasteiger partial charge on any atom is 0.145 e. The van der Waals surface area contributed by atoms with Gasteiger partial charge in [0.05, 0.1) is 22.6 Å². The molecule has 1 heterocycles. The number of hydrogen-bond donors (Lipinski definition) is 2. The van der Waals surface area contributed by atoms with Gasteiger partial charge in [-0.1, -0.05) is 35.9 Å². The van der Waals surface area contributed by atoms with E-state index < -0.39 is 0 Å². The van der Waals surface area contributed by atoms with Gasteiger partial charge in [0, 0.05) is 25.0 Å². The normalized spacial score (nSPS) is 23.6. The van der Waals surface area contributed by atoms with E-state index in [1.54, 1.807) is 0 Å². The minimum Gasteiger partial charge on any atom is -0.491 e. The predicted octanol–water partition coefficient (Wildman–Crippen LogP) is 4.91. The third-order valence-corrected chi connectivity index (χ3v) is 7.77. The number of aliphatic hydroxyl groups is 1. The number of nitrogens with one attached hydrogen (secondary N) is 1. The van der Waals surface area contributed by atoms with E-state index in [0.29, 0.717) is 17.5 Å². The largest absolute Gasteiger partial charge is 0.491 e. The highest BCUT2D eigenvalue weighted by atomic mass is 35.5. The molecule has 2 N–H and O–H groups in total. The Morgan fingerprint density at radius 3 is 2.80 bits per heavy atom. The maximum absolute atomic E-state index is 9.74. The van der Waals surface area contributed by atoms with Gasteiger partial charge < -0.3 is 9.84 Å². The minimum atomic E-state index is -0.338. The van der Waals surface area contributed by atoms with E-state index in [1.165, 1.54) is 23.8 Å². The molecule has 30 heavy (non-hydrogen) atoms. The quantitative estimate of drug-likeness (QED) is 0.534. The molecule has 0 amide bonds. The molecule has 4 nitrogen and oxygen atoms in total. The van der Waals surface area contributed by atoms with Gasteiger partial charge in [-0.15, -0.1) is 11.8 Å². The Morgan fingerprint density at radius 2 is 2.10 bits per heavy atom. The summed E-state index contributed by atoms with van der Waals surface area (Å²) in [5.41, 5.74) is 1.25. The predicted molar refractivity (Wildman–Crippen MR) is 128 cm³/mol. The van der Waals surface area contributed by atoms with Crippen molar-refractivity contribution in [2.24, 2.45) is 5.92 Å². The molecule has 1 saturated carbocycles. The molecular weight excluding hydrogens is 416 g/mol. The molecule has 164 valence electrons. The van der Waals surface area contributed by atoms with Gasteiger partial charge in [-0.25, -0.2) is 0 Å². The van der Waals surface area contributed by atoms with Gasteiger partial charge in [-0.2, -0.15) is 0 Å². The molecule has 1 aliphatic heterocycles. The molecule has 2 unspecified atom stereocenters. The number of piperidine rings is 1. The standard InChI is InChI=1S/C24H33ClN2O2S/c1-17(28)13-26-24(30-2)10-5-11-27(16-24)14-19-12-22(25)23(29-15-18-8-9-18)21-7-4-3-6-20(19)21/h3-4,6-7,12,17-18,26,28H,5,8-11,13-16H2,1-2H3. The fourth-order valence-corrected chi connectivity index (χ4v) is 5.53. The molecule has 2 aliphatic rings. The maximum atomic E-state index is 9.74. The molecule has 0 aromatic heterocycles. The van der Waals surface area contributed by atoms with Crippen LogP contribution in [0.1, 0.15) is 38.2 Å². The zero-order chi connectivity index (χ0) is 21.1. The number of hydrogen-bond acceptors (Lipinski definition) is 5. The van der Waals surface area contributed by atoms with Gasteiger partial charge in [0.1, 0.15) is 5.75 Å². The summed E-state index contributed by atoms with van der Waals surface area (Å²) in [7, 11) is 0. The first-order chi connectivity index (χ1) is 14.5. The average molecular weight is 449 g/mol. The first-order valence-electron chi connectivity index (χ1n) is 11.0. The van der Waals surface area contributed by atoms with Crippen molar-refractivity contribution in [3.05, 3.63) is 40.9 Å². The summed E-state index contributed by atoms with van der Waals surface area (Å²) >= 11 is 8.57. The Bertz CT molecular complexity index is 874. The van der Waals surface area contributed by atoms with E-state index in [0.717, 1.165) is 50.2 Å². The van der Waals surface area contributed by atoms with Gasteiger partial charge in [0.2, 0.25) is 0 Å². The average Bonchev–Trinajstić information content (AvgIpc) is 3.57. The first-order valence-corrected chi connectivity index (χ1v) is 12.6. The van der Waals surface area contributed by atoms with Crippen molar-refractivity contribution in [1.82, 2.24) is 10.2 Å². The highest BCUT2D eigenvalue weighted by molar-refractivity contribution is 8.00. The molecule has 2 aromatic rings. The number of aliphatic hydroxyl groups excluding tert-OH is 1. The Hall–Kier alpha value is -0.980. The summed E-state index contributed by atoms with van der Waals surface area (Å²) in [5, 5.41) is 16.4. The van der Waals surface area contributed by atoms with E-state index in [-0.39, 0.29) is 11.0 Å². The summed E-state index contributed by atoms with van der Waals surface area (Å²) in [6, 6.07) is 10.6. The second-order valence-corrected chi connectivity index (χ2v) is 10.5. The van der Waals surface area contributed by atoms with Gasteiger partial charge in [-0.3, -0.25) is 10.2 Å². The van der Waals surface area contributed by atoms with Crippen LogP contribution in [0.2, 0.25) is 5.02 Å². The lowest BCUT2D eigenvalue weighted by Gasteiger charge is -2.43. The van der Waals surface area contributed by atoms with Crippen LogP contribution in [0, 0.1) is 5.92 Å². The van der Waals surface area contributed by atoms with Crippen molar-refractivity contribution in [1.29, 1.82) is 0 Å². The lowest BCUT2D eigenvalue weighted by atomic mass is 10.00. The Morgan fingerprint density at radius 1 is 1.33 bits per heavy atom. The number of thioether (sulfide) groups is 1. The van der Waals surface area contributed by atoms with E-state index in [9.17, 15) is 5.11 Å². The SMILES string of the molecule is CSC1(NCC(C)O)CCCN(Cc2cc(Cl)c(OCC3CC3)c3ccccc23)C1. The van der Waals surface area contributed by atoms with Gasteiger partial charge in [0.25, 0.3) is 0 Å². The molecular formula is C24H33ClN2O2S. The molecule has 2 aromatic carbocycles. The van der Waals surface area contributed by atoms with E-state index in [1.807, 2.05) is 18.7 Å². The van der Waals surface area contributed by atoms with Crippen LogP contribution in [0.5, 0.6) is 5.75 Å². The van der Waals surface area contributed by atoms with Crippen LogP contribution in [-0.4, -0.2) is 53.5 Å². The monoisotopic (exact) mass is 448 g/mol. The molecule has 2 atom stereocenters. The Kier molecular flexibility index (Phi) is 7.16. The second-order valence-electron chi connectivity index (χ2n) is 8.89. The highest BCUT2D eigenvalue weighted by Crippen LogP contribution is 2.39. The van der Waals surface area contributed by atoms with Crippen molar-refractivity contribution in [3.8, 4) is 5.75 Å². The van der Waals surface area contributed by atoms with Crippen LogP contribution in [0.4, 0.5) is 0 Å². The fraction of sp³-hybridized carbons (Fsp3) is 0.583. The van der Waals surface area contributed by atoms with Gasteiger partial charge in [0.15, 0.2) is 0 Å². The molecule has 0 radical (unpaired) electrons. The summed E-state index contributed by atoms with van der Waals surface area (Å²) in [6.45, 7) is 6.11. The summed E-state index contributed by atoms with van der Waals surface area (Å²) in [4.78, 5) is 2.50. The zero-order valence-electron chi connectivity index (χ0n) is 18.0. The number of likely N-dealkylation sites (tertiary alicyclic amines) is 1. The topological polar surface area (TPSA) is 44.7 Å².